The van der Waals surface area contributed by atoms with Gasteiger partial charge in [-0.05, 0) is 31.9 Å². The number of likely N-dealkylation sites (tertiary alicyclic amines) is 1. The van der Waals surface area contributed by atoms with Gasteiger partial charge >= 0.3 is 5.97 Å². The van der Waals surface area contributed by atoms with E-state index in [2.05, 4.69) is 9.88 Å². The van der Waals surface area contributed by atoms with Crippen LogP contribution in [0.2, 0.25) is 0 Å². The van der Waals surface area contributed by atoms with Gasteiger partial charge in [0.1, 0.15) is 6.61 Å². The Labute approximate surface area is 170 Å². The van der Waals surface area contributed by atoms with Gasteiger partial charge in [-0.15, -0.1) is 0 Å². The summed E-state index contributed by atoms with van der Waals surface area (Å²) in [5.41, 5.74) is 4.88. The summed E-state index contributed by atoms with van der Waals surface area (Å²) >= 11 is 0. The summed E-state index contributed by atoms with van der Waals surface area (Å²) in [5, 5.41) is 0. The number of para-hydroxylation sites is 1. The van der Waals surface area contributed by atoms with Crippen molar-refractivity contribution in [3.63, 3.8) is 0 Å². The zero-order valence-corrected chi connectivity index (χ0v) is 16.6. The first-order chi connectivity index (χ1) is 14.2. The summed E-state index contributed by atoms with van der Waals surface area (Å²) in [5.74, 6) is -0.196. The van der Waals surface area contributed by atoms with Crippen molar-refractivity contribution in [1.82, 2.24) is 9.88 Å². The summed E-state index contributed by atoms with van der Waals surface area (Å²) in [4.78, 5) is 18.5. The van der Waals surface area contributed by atoms with Crippen molar-refractivity contribution in [2.24, 2.45) is 0 Å². The standard InChI is InChI=1S/C23H25FN2O3/c1-2-28-20(27)10-14-26-12-8-16(9-13-26)21-18-6-3-7-19(24)23(18)29-15-17-5-4-11-25-22(17)21/h3-7,11H,2,8-10,12-15H2,1H3. The predicted octanol–water partition coefficient (Wildman–Crippen LogP) is 3.96. The predicted molar refractivity (Wildman–Crippen MR) is 108 cm³/mol. The van der Waals surface area contributed by atoms with Gasteiger partial charge in [-0.25, -0.2) is 4.39 Å². The van der Waals surface area contributed by atoms with Crippen molar-refractivity contribution in [2.75, 3.05) is 26.2 Å². The second-order valence-corrected chi connectivity index (χ2v) is 7.29. The first kappa shape index (κ1) is 19.6. The molecule has 0 N–H and O–H groups in total. The highest BCUT2D eigenvalue weighted by Gasteiger charge is 2.27. The molecule has 0 spiro atoms. The van der Waals surface area contributed by atoms with Gasteiger partial charge in [-0.3, -0.25) is 9.78 Å². The molecule has 0 unspecified atom stereocenters. The van der Waals surface area contributed by atoms with Crippen LogP contribution < -0.4 is 4.74 Å². The number of aromatic nitrogens is 1. The number of carbonyl (C=O) groups excluding carboxylic acids is 1. The van der Waals surface area contributed by atoms with Crippen molar-refractivity contribution in [3.8, 4) is 5.75 Å². The SMILES string of the molecule is CCOC(=O)CCN1CCC(=C2c3cccc(F)c3OCc3cccnc32)CC1. The minimum absolute atomic E-state index is 0.153. The van der Waals surface area contributed by atoms with Crippen LogP contribution in [0.1, 0.15) is 43.0 Å². The molecule has 1 aromatic carbocycles. The number of ether oxygens (including phenoxy) is 2. The van der Waals surface area contributed by atoms with E-state index in [-0.39, 0.29) is 11.8 Å². The van der Waals surface area contributed by atoms with Crippen LogP contribution in [0.4, 0.5) is 4.39 Å². The molecule has 4 rings (SSSR count). The maximum absolute atomic E-state index is 14.5. The molecule has 1 fully saturated rings. The van der Waals surface area contributed by atoms with E-state index in [4.69, 9.17) is 9.47 Å². The zero-order chi connectivity index (χ0) is 20.2. The van der Waals surface area contributed by atoms with Gasteiger partial charge in [-0.1, -0.05) is 23.8 Å². The van der Waals surface area contributed by atoms with E-state index in [0.29, 0.717) is 31.9 Å². The lowest BCUT2D eigenvalue weighted by atomic mass is 9.89. The number of fused-ring (bicyclic) bond motifs is 2. The molecule has 2 aliphatic heterocycles. The van der Waals surface area contributed by atoms with Gasteiger partial charge in [0.05, 0.1) is 18.7 Å². The van der Waals surface area contributed by atoms with E-state index >= 15 is 0 Å². The van der Waals surface area contributed by atoms with Gasteiger partial charge in [0.2, 0.25) is 0 Å². The second-order valence-electron chi connectivity index (χ2n) is 7.29. The second kappa shape index (κ2) is 8.74. The minimum atomic E-state index is -0.347. The van der Waals surface area contributed by atoms with Crippen molar-refractivity contribution in [2.45, 2.75) is 32.8 Å². The third kappa shape index (κ3) is 4.17. The minimum Gasteiger partial charge on any atom is -0.485 e. The quantitative estimate of drug-likeness (QED) is 0.732. The molecular weight excluding hydrogens is 371 g/mol. The number of halogens is 1. The van der Waals surface area contributed by atoms with E-state index in [9.17, 15) is 9.18 Å². The number of rotatable bonds is 4. The van der Waals surface area contributed by atoms with E-state index < -0.39 is 0 Å². The molecule has 0 bridgehead atoms. The van der Waals surface area contributed by atoms with Crippen molar-refractivity contribution in [3.05, 3.63) is 64.7 Å². The number of hydrogen-bond donors (Lipinski definition) is 0. The van der Waals surface area contributed by atoms with Crippen LogP contribution in [-0.2, 0) is 16.1 Å². The van der Waals surface area contributed by atoms with E-state index in [1.54, 1.807) is 12.3 Å². The summed E-state index contributed by atoms with van der Waals surface area (Å²) in [6, 6.07) is 8.94. The molecule has 6 heteroatoms. The smallest absolute Gasteiger partial charge is 0.307 e. The van der Waals surface area contributed by atoms with Gasteiger partial charge < -0.3 is 14.4 Å². The average molecular weight is 396 g/mol. The Balaban J connectivity index is 1.62. The number of piperidine rings is 1. The van der Waals surface area contributed by atoms with Crippen LogP contribution in [0, 0.1) is 5.82 Å². The molecule has 5 nitrogen and oxygen atoms in total. The highest BCUT2D eigenvalue weighted by atomic mass is 19.1. The fraction of sp³-hybridized carbons (Fsp3) is 0.391. The van der Waals surface area contributed by atoms with E-state index in [0.717, 1.165) is 48.3 Å². The highest BCUT2D eigenvalue weighted by Crippen LogP contribution is 2.41. The molecule has 0 amide bonds. The largest absolute Gasteiger partial charge is 0.485 e. The van der Waals surface area contributed by atoms with E-state index in [1.807, 2.05) is 25.1 Å². The Morgan fingerprint density at radius 1 is 1.24 bits per heavy atom. The molecule has 0 radical (unpaired) electrons. The van der Waals surface area contributed by atoms with Crippen LogP contribution in [0.15, 0.2) is 42.1 Å². The van der Waals surface area contributed by atoms with Gasteiger partial charge in [0.15, 0.2) is 11.6 Å². The first-order valence-corrected chi connectivity index (χ1v) is 10.1. The fourth-order valence-electron chi connectivity index (χ4n) is 4.05. The van der Waals surface area contributed by atoms with Crippen molar-refractivity contribution in [1.29, 1.82) is 0 Å². The van der Waals surface area contributed by atoms with Gasteiger partial charge in [0, 0.05) is 42.5 Å². The van der Waals surface area contributed by atoms with Crippen LogP contribution in [0.3, 0.4) is 0 Å². The Bertz CT molecular complexity index is 931. The Morgan fingerprint density at radius 2 is 2.07 bits per heavy atom. The summed E-state index contributed by atoms with van der Waals surface area (Å²) < 4.78 is 25.3. The van der Waals surface area contributed by atoms with Gasteiger partial charge in [0.25, 0.3) is 0 Å². The molecule has 0 aliphatic carbocycles. The van der Waals surface area contributed by atoms with Crippen molar-refractivity contribution >= 4 is 11.5 Å². The average Bonchev–Trinajstić information content (AvgIpc) is 2.91. The Morgan fingerprint density at radius 3 is 2.86 bits per heavy atom. The number of carbonyl (C=O) groups is 1. The zero-order valence-electron chi connectivity index (χ0n) is 16.6. The highest BCUT2D eigenvalue weighted by molar-refractivity contribution is 5.85. The number of hydrogen-bond acceptors (Lipinski definition) is 5. The Hall–Kier alpha value is -2.73. The molecule has 0 saturated carbocycles. The molecule has 0 atom stereocenters. The monoisotopic (exact) mass is 396 g/mol. The number of benzene rings is 1. The number of esters is 1. The molecule has 1 aromatic heterocycles. The summed E-state index contributed by atoms with van der Waals surface area (Å²) in [7, 11) is 0. The number of pyridine rings is 1. The molecule has 29 heavy (non-hydrogen) atoms. The van der Waals surface area contributed by atoms with Crippen LogP contribution in [-0.4, -0.2) is 42.1 Å². The molecule has 2 aromatic rings. The lowest BCUT2D eigenvalue weighted by molar-refractivity contribution is -0.143. The fourth-order valence-corrected chi connectivity index (χ4v) is 4.05. The van der Waals surface area contributed by atoms with Crippen LogP contribution in [0.5, 0.6) is 5.75 Å². The van der Waals surface area contributed by atoms with Crippen molar-refractivity contribution < 1.29 is 18.7 Å². The maximum Gasteiger partial charge on any atom is 0.307 e. The maximum atomic E-state index is 14.5. The van der Waals surface area contributed by atoms with Gasteiger partial charge in [-0.2, -0.15) is 0 Å². The molecule has 152 valence electrons. The summed E-state index contributed by atoms with van der Waals surface area (Å²) in [6.07, 6.45) is 3.89. The van der Waals surface area contributed by atoms with Crippen LogP contribution in [0.25, 0.3) is 5.57 Å². The lowest BCUT2D eigenvalue weighted by Gasteiger charge is -2.29. The molecule has 1 saturated heterocycles. The Kier molecular flexibility index (Phi) is 5.90. The molecule has 2 aliphatic rings. The lowest BCUT2D eigenvalue weighted by Crippen LogP contribution is -2.33. The normalized spacial score (nSPS) is 16.5. The summed E-state index contributed by atoms with van der Waals surface area (Å²) in [6.45, 7) is 4.95. The van der Waals surface area contributed by atoms with E-state index in [1.165, 1.54) is 11.6 Å². The topological polar surface area (TPSA) is 51.7 Å². The first-order valence-electron chi connectivity index (χ1n) is 10.1. The third-order valence-electron chi connectivity index (χ3n) is 5.49. The molecule has 3 heterocycles. The van der Waals surface area contributed by atoms with Crippen LogP contribution >= 0.6 is 0 Å². The molecular formula is C23H25FN2O3. The number of nitrogens with zero attached hydrogens (tertiary/aromatic N) is 2. The third-order valence-corrected chi connectivity index (χ3v) is 5.49.